The van der Waals surface area contributed by atoms with Crippen molar-refractivity contribution in [3.05, 3.63) is 42.2 Å². The minimum absolute atomic E-state index is 0.275. The summed E-state index contributed by atoms with van der Waals surface area (Å²) in [6, 6.07) is 11.9. The maximum Gasteiger partial charge on any atom is 0.311 e. The number of rotatable bonds is 4. The van der Waals surface area contributed by atoms with Crippen LogP contribution in [0.25, 0.3) is 11.3 Å². The van der Waals surface area contributed by atoms with E-state index in [1.807, 2.05) is 36.4 Å². The first-order chi connectivity index (χ1) is 11.2. The molecular formula is C18H20N2O3. The van der Waals surface area contributed by atoms with Crippen LogP contribution < -0.4 is 0 Å². The topological polar surface area (TPSA) is 66.6 Å². The second-order valence-electron chi connectivity index (χ2n) is 6.76. The second-order valence-corrected chi connectivity index (χ2v) is 6.76. The van der Waals surface area contributed by atoms with Gasteiger partial charge in [0.2, 0.25) is 0 Å². The Labute approximate surface area is 134 Å². The molecule has 1 N–H and O–H groups in total. The summed E-state index contributed by atoms with van der Waals surface area (Å²) in [5, 5.41) is 13.8. The zero-order chi connectivity index (χ0) is 15.9. The van der Waals surface area contributed by atoms with Crippen molar-refractivity contribution in [2.24, 2.45) is 11.3 Å². The summed E-state index contributed by atoms with van der Waals surface area (Å²) in [5.74, 6) is 0.436. The van der Waals surface area contributed by atoms with Crippen LogP contribution in [-0.4, -0.2) is 34.2 Å². The summed E-state index contributed by atoms with van der Waals surface area (Å²) < 4.78 is 5.46. The first kappa shape index (κ1) is 14.5. The van der Waals surface area contributed by atoms with Crippen LogP contribution in [0.5, 0.6) is 0 Å². The predicted molar refractivity (Wildman–Crippen MR) is 84.6 cm³/mol. The van der Waals surface area contributed by atoms with Gasteiger partial charge in [-0.25, -0.2) is 0 Å². The molecular weight excluding hydrogens is 292 g/mol. The van der Waals surface area contributed by atoms with E-state index in [0.717, 1.165) is 42.8 Å². The third kappa shape index (κ3) is 2.45. The zero-order valence-electron chi connectivity index (χ0n) is 12.9. The van der Waals surface area contributed by atoms with Crippen molar-refractivity contribution < 1.29 is 14.4 Å². The molecule has 1 saturated heterocycles. The van der Waals surface area contributed by atoms with Gasteiger partial charge < -0.3 is 9.63 Å². The van der Waals surface area contributed by atoms with E-state index in [4.69, 9.17) is 4.52 Å². The van der Waals surface area contributed by atoms with Crippen LogP contribution in [0.1, 0.15) is 25.0 Å². The number of carboxylic acids is 1. The van der Waals surface area contributed by atoms with E-state index in [1.165, 1.54) is 0 Å². The van der Waals surface area contributed by atoms with Crippen LogP contribution in [0.3, 0.4) is 0 Å². The van der Waals surface area contributed by atoms with Gasteiger partial charge in [0.15, 0.2) is 5.76 Å². The molecule has 2 aliphatic rings. The quantitative estimate of drug-likeness (QED) is 0.940. The smallest absolute Gasteiger partial charge is 0.311 e. The molecule has 2 fully saturated rings. The van der Waals surface area contributed by atoms with Gasteiger partial charge in [-0.05, 0) is 18.8 Å². The molecule has 0 radical (unpaired) electrons. The van der Waals surface area contributed by atoms with Crippen molar-refractivity contribution in [3.8, 4) is 11.3 Å². The SMILES string of the molecule is O=C(O)[C@@]12CCC[C@H]1CN(Cc1cc(-c3ccccc3)no1)C2. The van der Waals surface area contributed by atoms with Crippen LogP contribution in [0.4, 0.5) is 0 Å². The molecule has 0 amide bonds. The highest BCUT2D eigenvalue weighted by molar-refractivity contribution is 5.76. The van der Waals surface area contributed by atoms with Crippen LogP contribution >= 0.6 is 0 Å². The minimum atomic E-state index is -0.634. The number of aromatic nitrogens is 1. The lowest BCUT2D eigenvalue weighted by Gasteiger charge is -2.23. The standard InChI is InChI=1S/C18H20N2O3/c21-17(22)18-8-4-7-14(18)10-20(12-18)11-15-9-16(19-23-15)13-5-2-1-3-6-13/h1-3,5-6,9,14H,4,7-8,10-12H2,(H,21,22)/t14-,18+/m0/s1. The lowest BCUT2D eigenvalue weighted by atomic mass is 9.81. The molecule has 23 heavy (non-hydrogen) atoms. The largest absolute Gasteiger partial charge is 0.481 e. The summed E-state index contributed by atoms with van der Waals surface area (Å²) in [6.07, 6.45) is 2.86. The number of benzene rings is 1. The fourth-order valence-electron chi connectivity index (χ4n) is 4.22. The third-order valence-electron chi connectivity index (χ3n) is 5.38. The van der Waals surface area contributed by atoms with Gasteiger partial charge in [-0.3, -0.25) is 9.69 Å². The van der Waals surface area contributed by atoms with Gasteiger partial charge in [-0.2, -0.15) is 0 Å². The van der Waals surface area contributed by atoms with Gasteiger partial charge in [-0.1, -0.05) is 41.9 Å². The lowest BCUT2D eigenvalue weighted by molar-refractivity contribution is -0.149. The summed E-state index contributed by atoms with van der Waals surface area (Å²) in [5.41, 5.74) is 1.32. The number of carbonyl (C=O) groups is 1. The lowest BCUT2D eigenvalue weighted by Crippen LogP contribution is -2.35. The molecule has 2 atom stereocenters. The van der Waals surface area contributed by atoms with Gasteiger partial charge >= 0.3 is 5.97 Å². The number of aliphatic carboxylic acids is 1. The Hall–Kier alpha value is -2.14. The molecule has 2 heterocycles. The molecule has 1 aliphatic heterocycles. The number of fused-ring (bicyclic) bond motifs is 1. The number of hydrogen-bond donors (Lipinski definition) is 1. The third-order valence-corrected chi connectivity index (χ3v) is 5.38. The summed E-state index contributed by atoms with van der Waals surface area (Å²) in [6.45, 7) is 2.09. The molecule has 0 unspecified atom stereocenters. The number of nitrogens with zero attached hydrogens (tertiary/aromatic N) is 2. The van der Waals surface area contributed by atoms with Crippen molar-refractivity contribution in [2.45, 2.75) is 25.8 Å². The monoisotopic (exact) mass is 312 g/mol. The second kappa shape index (κ2) is 5.49. The Kier molecular flexibility index (Phi) is 3.45. The molecule has 1 aromatic heterocycles. The molecule has 2 aromatic rings. The molecule has 0 bridgehead atoms. The number of hydrogen-bond acceptors (Lipinski definition) is 4. The van der Waals surface area contributed by atoms with Crippen LogP contribution in [0.2, 0.25) is 0 Å². The van der Waals surface area contributed by atoms with Crippen molar-refractivity contribution >= 4 is 5.97 Å². The van der Waals surface area contributed by atoms with Gasteiger partial charge in [-0.15, -0.1) is 0 Å². The highest BCUT2D eigenvalue weighted by Gasteiger charge is 2.54. The maximum atomic E-state index is 11.7. The zero-order valence-corrected chi connectivity index (χ0v) is 12.9. The normalized spacial score (nSPS) is 27.2. The molecule has 1 saturated carbocycles. The Morgan fingerprint density at radius 3 is 2.96 bits per heavy atom. The van der Waals surface area contributed by atoms with Gasteiger partial charge in [0, 0.05) is 24.7 Å². The Morgan fingerprint density at radius 1 is 1.39 bits per heavy atom. The highest BCUT2D eigenvalue weighted by Crippen LogP contribution is 2.49. The summed E-state index contributed by atoms with van der Waals surface area (Å²) in [4.78, 5) is 13.9. The Bertz CT molecular complexity index is 712. The molecule has 5 nitrogen and oxygen atoms in total. The van der Waals surface area contributed by atoms with Gasteiger partial charge in [0.1, 0.15) is 5.69 Å². The van der Waals surface area contributed by atoms with E-state index in [1.54, 1.807) is 0 Å². The number of likely N-dealkylation sites (tertiary alicyclic amines) is 1. The number of carboxylic acid groups (broad SMARTS) is 1. The summed E-state index contributed by atoms with van der Waals surface area (Å²) >= 11 is 0. The first-order valence-corrected chi connectivity index (χ1v) is 8.14. The van der Waals surface area contributed by atoms with Gasteiger partial charge in [0.05, 0.1) is 12.0 Å². The van der Waals surface area contributed by atoms with E-state index < -0.39 is 11.4 Å². The van der Waals surface area contributed by atoms with Gasteiger partial charge in [0.25, 0.3) is 0 Å². The molecule has 5 heteroatoms. The van der Waals surface area contributed by atoms with Crippen LogP contribution in [0.15, 0.2) is 40.9 Å². The average Bonchev–Trinajstić information content (AvgIpc) is 3.22. The van der Waals surface area contributed by atoms with E-state index in [0.29, 0.717) is 13.1 Å². The van der Waals surface area contributed by atoms with Crippen molar-refractivity contribution in [2.75, 3.05) is 13.1 Å². The fourth-order valence-corrected chi connectivity index (χ4v) is 4.22. The van der Waals surface area contributed by atoms with Crippen molar-refractivity contribution in [1.82, 2.24) is 10.1 Å². The predicted octanol–water partition coefficient (Wildman–Crippen LogP) is 3.03. The molecule has 1 aromatic carbocycles. The van der Waals surface area contributed by atoms with Crippen LogP contribution in [0, 0.1) is 11.3 Å². The average molecular weight is 312 g/mol. The summed E-state index contributed by atoms with van der Waals surface area (Å²) in [7, 11) is 0. The van der Waals surface area contributed by atoms with Crippen molar-refractivity contribution in [3.63, 3.8) is 0 Å². The van der Waals surface area contributed by atoms with E-state index in [-0.39, 0.29) is 5.92 Å². The fraction of sp³-hybridized carbons (Fsp3) is 0.444. The molecule has 4 rings (SSSR count). The first-order valence-electron chi connectivity index (χ1n) is 8.14. The Morgan fingerprint density at radius 2 is 2.22 bits per heavy atom. The highest BCUT2D eigenvalue weighted by atomic mass is 16.5. The van der Waals surface area contributed by atoms with Crippen molar-refractivity contribution in [1.29, 1.82) is 0 Å². The van der Waals surface area contributed by atoms with Crippen LogP contribution in [-0.2, 0) is 11.3 Å². The molecule has 1 aliphatic carbocycles. The Balaban J connectivity index is 1.48. The maximum absolute atomic E-state index is 11.7. The minimum Gasteiger partial charge on any atom is -0.481 e. The molecule has 120 valence electrons. The van der Waals surface area contributed by atoms with E-state index >= 15 is 0 Å². The van der Waals surface area contributed by atoms with E-state index in [2.05, 4.69) is 10.1 Å². The molecule has 0 spiro atoms. The van der Waals surface area contributed by atoms with E-state index in [9.17, 15) is 9.90 Å².